The Balaban J connectivity index is 0.000000316. The summed E-state index contributed by atoms with van der Waals surface area (Å²) in [5.74, 6) is 0.521. The Morgan fingerprint density at radius 1 is 1.44 bits per heavy atom. The van der Waals surface area contributed by atoms with Gasteiger partial charge in [-0.15, -0.1) is 0 Å². The van der Waals surface area contributed by atoms with Crippen LogP contribution in [0.5, 0.6) is 5.75 Å². The molecule has 25 heavy (non-hydrogen) atoms. The minimum absolute atomic E-state index is 0.438. The second-order valence-electron chi connectivity index (χ2n) is 5.81. The van der Waals surface area contributed by atoms with Gasteiger partial charge >= 0.3 is 0 Å². The summed E-state index contributed by atoms with van der Waals surface area (Å²) in [4.78, 5) is 0. The van der Waals surface area contributed by atoms with E-state index in [1.54, 1.807) is 23.7 Å². The molecule has 7 nitrogen and oxygen atoms in total. The Hall–Kier alpha value is -2.85. The van der Waals surface area contributed by atoms with Crippen LogP contribution in [0, 0.1) is 16.7 Å². The normalized spacial score (nSPS) is 14.8. The summed E-state index contributed by atoms with van der Waals surface area (Å²) in [7, 11) is 1.52. The van der Waals surface area contributed by atoms with Crippen molar-refractivity contribution in [3.63, 3.8) is 0 Å². The molecular weight excluding hydrogens is 316 g/mol. The lowest BCUT2D eigenvalue weighted by Gasteiger charge is -2.09. The second kappa shape index (κ2) is 8.85. The van der Waals surface area contributed by atoms with E-state index in [9.17, 15) is 0 Å². The van der Waals surface area contributed by atoms with E-state index in [0.717, 1.165) is 0 Å². The van der Waals surface area contributed by atoms with Gasteiger partial charge in [-0.2, -0.15) is 10.4 Å². The average Bonchev–Trinajstić information content (AvgIpc) is 3.06. The highest BCUT2D eigenvalue weighted by molar-refractivity contribution is 6.09. The summed E-state index contributed by atoms with van der Waals surface area (Å²) in [5, 5.41) is 23.8. The summed E-state index contributed by atoms with van der Waals surface area (Å²) < 4.78 is 6.85. The van der Waals surface area contributed by atoms with Crippen molar-refractivity contribution in [1.82, 2.24) is 14.9 Å². The number of nitrogens with zero attached hydrogens (tertiary/aromatic N) is 3. The first-order chi connectivity index (χ1) is 12.1. The highest BCUT2D eigenvalue weighted by Crippen LogP contribution is 2.27. The highest BCUT2D eigenvalue weighted by atomic mass is 16.5. The maximum absolute atomic E-state index is 9.03. The summed E-state index contributed by atoms with van der Waals surface area (Å²) in [5.41, 5.74) is 8.63. The van der Waals surface area contributed by atoms with Crippen molar-refractivity contribution in [3.8, 4) is 11.8 Å². The monoisotopic (exact) mass is 340 g/mol. The summed E-state index contributed by atoms with van der Waals surface area (Å²) in [6, 6.07) is 3.81. The van der Waals surface area contributed by atoms with Crippen LogP contribution in [0.1, 0.15) is 37.3 Å². The first-order valence-corrected chi connectivity index (χ1v) is 8.25. The number of aromatic nitrogens is 2. The molecule has 0 bridgehead atoms. The molecule has 0 aromatic carbocycles. The molecule has 2 aromatic rings. The van der Waals surface area contributed by atoms with Crippen LogP contribution in [0.25, 0.3) is 11.1 Å². The summed E-state index contributed by atoms with van der Waals surface area (Å²) in [6.45, 7) is 4.22. The van der Waals surface area contributed by atoms with Gasteiger partial charge in [0.05, 0.1) is 13.3 Å². The second-order valence-corrected chi connectivity index (χ2v) is 5.81. The van der Waals surface area contributed by atoms with Crippen molar-refractivity contribution < 1.29 is 4.74 Å². The molecule has 1 aliphatic rings. The molecule has 7 heteroatoms. The van der Waals surface area contributed by atoms with Crippen LogP contribution in [0.2, 0.25) is 0 Å². The fourth-order valence-electron chi connectivity index (χ4n) is 2.70. The zero-order chi connectivity index (χ0) is 18.2. The van der Waals surface area contributed by atoms with Gasteiger partial charge in [0, 0.05) is 29.2 Å². The number of nitriles is 1. The number of hydrogen-bond donors (Lipinski definition) is 3. The molecule has 0 amide bonds. The average molecular weight is 340 g/mol. The molecule has 0 saturated carbocycles. The molecule has 3 rings (SSSR count). The molecule has 1 saturated heterocycles. The van der Waals surface area contributed by atoms with Gasteiger partial charge in [-0.3, -0.25) is 0 Å². The lowest BCUT2D eigenvalue weighted by Crippen LogP contribution is -2.21. The molecule has 3 heterocycles. The Morgan fingerprint density at radius 3 is 2.60 bits per heavy atom. The van der Waals surface area contributed by atoms with Crippen LogP contribution >= 0.6 is 0 Å². The lowest BCUT2D eigenvalue weighted by molar-refractivity contribution is 0.417. The largest absolute Gasteiger partial charge is 0.494 e. The van der Waals surface area contributed by atoms with Gasteiger partial charge in [-0.25, -0.2) is 4.52 Å². The molecule has 1 fully saturated rings. The number of allylic oxidation sites excluding steroid dienone is 2. The molecule has 1 aliphatic heterocycles. The van der Waals surface area contributed by atoms with E-state index in [0.29, 0.717) is 33.7 Å². The lowest BCUT2D eigenvalue weighted by atomic mass is 10.1. The van der Waals surface area contributed by atoms with Crippen molar-refractivity contribution in [3.05, 3.63) is 35.3 Å². The van der Waals surface area contributed by atoms with E-state index < -0.39 is 0 Å². The molecular formula is C18H24N6O. The molecule has 0 spiro atoms. The Bertz CT molecular complexity index is 795. The maximum Gasteiger partial charge on any atom is 0.146 e. The van der Waals surface area contributed by atoms with E-state index in [4.69, 9.17) is 21.1 Å². The fraction of sp³-hybridized carbons (Fsp3) is 0.389. The zero-order valence-electron chi connectivity index (χ0n) is 14.7. The van der Waals surface area contributed by atoms with Crippen LogP contribution in [-0.4, -0.2) is 36.0 Å². The number of methoxy groups -OCH3 is 1. The Labute approximate surface area is 147 Å². The number of pyridine rings is 1. The van der Waals surface area contributed by atoms with Crippen molar-refractivity contribution >= 4 is 17.3 Å². The van der Waals surface area contributed by atoms with Crippen molar-refractivity contribution in [2.24, 2.45) is 5.73 Å². The molecule has 0 unspecified atom stereocenters. The number of hydrogen-bond acceptors (Lipinski definition) is 6. The third-order valence-electron chi connectivity index (χ3n) is 4.00. The first-order valence-electron chi connectivity index (χ1n) is 8.25. The number of piperidine rings is 1. The van der Waals surface area contributed by atoms with Gasteiger partial charge < -0.3 is 21.2 Å². The number of fused-ring (bicyclic) bond motifs is 1. The minimum atomic E-state index is 0.438. The molecule has 0 radical (unpaired) electrons. The maximum atomic E-state index is 9.03. The van der Waals surface area contributed by atoms with Gasteiger partial charge in [-0.05, 0) is 38.9 Å². The van der Waals surface area contributed by atoms with E-state index >= 15 is 0 Å². The van der Waals surface area contributed by atoms with Crippen LogP contribution in [0.3, 0.4) is 0 Å². The number of nitrogens with one attached hydrogen (secondary N) is 2. The minimum Gasteiger partial charge on any atom is -0.494 e. The third kappa shape index (κ3) is 4.37. The molecule has 4 N–H and O–H groups in total. The van der Waals surface area contributed by atoms with Crippen LogP contribution < -0.4 is 15.8 Å². The fourth-order valence-corrected chi connectivity index (χ4v) is 2.70. The zero-order valence-corrected chi connectivity index (χ0v) is 14.7. The molecule has 0 atom stereocenters. The number of ether oxygens (including phenoxy) is 1. The van der Waals surface area contributed by atoms with Gasteiger partial charge in [0.2, 0.25) is 0 Å². The Morgan fingerprint density at radius 2 is 2.16 bits per heavy atom. The van der Waals surface area contributed by atoms with Gasteiger partial charge in [0.25, 0.3) is 0 Å². The van der Waals surface area contributed by atoms with Crippen molar-refractivity contribution in [2.75, 3.05) is 20.2 Å². The molecule has 0 aliphatic carbocycles. The van der Waals surface area contributed by atoms with Gasteiger partial charge in [0.15, 0.2) is 0 Å². The smallest absolute Gasteiger partial charge is 0.146 e. The van der Waals surface area contributed by atoms with E-state index in [2.05, 4.69) is 16.5 Å². The summed E-state index contributed by atoms with van der Waals surface area (Å²) in [6.07, 6.45) is 8.60. The predicted octanol–water partition coefficient (Wildman–Crippen LogP) is 2.31. The number of nitrogens with two attached hydrogens (primary N) is 1. The molecule has 132 valence electrons. The van der Waals surface area contributed by atoms with E-state index in [1.165, 1.54) is 51.9 Å². The first kappa shape index (κ1) is 18.5. The Kier molecular flexibility index (Phi) is 6.54. The highest BCUT2D eigenvalue weighted by Gasteiger charge is 2.13. The number of rotatable bonds is 3. The molecule has 2 aromatic heterocycles. The van der Waals surface area contributed by atoms with E-state index in [-0.39, 0.29) is 0 Å². The quantitative estimate of drug-likeness (QED) is 0.742. The SMILES string of the molecule is C1CCNCC1.COc1cc(/C(C=N)=C(\C)N)cn2ncc(C#N)c12. The van der Waals surface area contributed by atoms with Crippen molar-refractivity contribution in [2.45, 2.75) is 26.2 Å². The standard InChI is InChI=1S/C13H13N5O.C5H11N/c1-8(16)11(5-15)9-3-12(19-2)13-10(4-14)6-17-18(13)7-9;1-2-4-6-5-3-1/h3,5-7,15H,16H2,1-2H3;6H,1-5H2/b11-8+,15-5?;. The van der Waals surface area contributed by atoms with Gasteiger partial charge in [-0.1, -0.05) is 6.42 Å². The van der Waals surface area contributed by atoms with Gasteiger partial charge in [0.1, 0.15) is 22.9 Å². The van der Waals surface area contributed by atoms with Crippen LogP contribution in [0.4, 0.5) is 0 Å². The van der Waals surface area contributed by atoms with Crippen molar-refractivity contribution in [1.29, 1.82) is 10.7 Å². The predicted molar refractivity (Wildman–Crippen MR) is 98.7 cm³/mol. The topological polar surface area (TPSA) is 112 Å². The van der Waals surface area contributed by atoms with Crippen LogP contribution in [-0.2, 0) is 0 Å². The van der Waals surface area contributed by atoms with Crippen LogP contribution in [0.15, 0.2) is 24.2 Å². The van der Waals surface area contributed by atoms with E-state index in [1.807, 2.05) is 0 Å². The summed E-state index contributed by atoms with van der Waals surface area (Å²) >= 11 is 0. The third-order valence-corrected chi connectivity index (χ3v) is 4.00.